The number of nitrogens with zero attached hydrogens (tertiary/aromatic N) is 1. The van der Waals surface area contributed by atoms with Crippen molar-refractivity contribution in [3.8, 4) is 5.75 Å². The maximum atomic E-state index is 12.4. The van der Waals surface area contributed by atoms with Gasteiger partial charge in [0.25, 0.3) is 5.91 Å². The van der Waals surface area contributed by atoms with Crippen LogP contribution in [-0.4, -0.2) is 31.1 Å². The zero-order valence-corrected chi connectivity index (χ0v) is 12.6. The Bertz CT molecular complexity index is 585. The lowest BCUT2D eigenvalue weighted by atomic mass is 10.1. The van der Waals surface area contributed by atoms with E-state index >= 15 is 0 Å². The molecule has 1 amide bonds. The van der Waals surface area contributed by atoms with Crippen molar-refractivity contribution in [3.63, 3.8) is 0 Å². The predicted octanol–water partition coefficient (Wildman–Crippen LogP) is 2.23. The lowest BCUT2D eigenvalue weighted by molar-refractivity contribution is 0.0785. The Morgan fingerprint density at radius 2 is 1.73 bits per heavy atom. The average Bonchev–Trinajstić information content (AvgIpc) is 2.56. The minimum Gasteiger partial charge on any atom is -0.491 e. The summed E-state index contributed by atoms with van der Waals surface area (Å²) in [5, 5.41) is 0. The number of rotatable bonds is 7. The van der Waals surface area contributed by atoms with Gasteiger partial charge in [-0.1, -0.05) is 30.3 Å². The van der Waals surface area contributed by atoms with Crippen molar-refractivity contribution in [3.05, 3.63) is 65.7 Å². The minimum atomic E-state index is -0.0271. The van der Waals surface area contributed by atoms with Gasteiger partial charge in [-0.05, 0) is 29.8 Å². The zero-order valence-electron chi connectivity index (χ0n) is 12.6. The molecule has 0 fully saturated rings. The Labute approximate surface area is 130 Å². The van der Waals surface area contributed by atoms with Crippen molar-refractivity contribution in [1.29, 1.82) is 0 Å². The van der Waals surface area contributed by atoms with Gasteiger partial charge in [0.1, 0.15) is 19.0 Å². The van der Waals surface area contributed by atoms with E-state index < -0.39 is 0 Å². The van der Waals surface area contributed by atoms with Crippen LogP contribution in [-0.2, 0) is 11.4 Å². The fourth-order valence-electron chi connectivity index (χ4n) is 2.05. The minimum absolute atomic E-state index is 0.0271. The molecule has 2 rings (SSSR count). The van der Waals surface area contributed by atoms with Gasteiger partial charge in [-0.25, -0.2) is 5.90 Å². The van der Waals surface area contributed by atoms with Crippen LogP contribution in [0.5, 0.6) is 5.75 Å². The molecule has 0 aromatic heterocycles. The number of benzene rings is 2. The summed E-state index contributed by atoms with van der Waals surface area (Å²) in [6.07, 6.45) is 0. The Kier molecular flexibility index (Phi) is 5.94. The molecule has 0 bridgehead atoms. The fourth-order valence-corrected chi connectivity index (χ4v) is 2.05. The molecule has 0 unspecified atom stereocenters. The number of carbonyl (C=O) groups excluding carboxylic acids is 1. The number of carbonyl (C=O) groups is 1. The Hall–Kier alpha value is -2.37. The first-order valence-electron chi connectivity index (χ1n) is 7.04. The highest BCUT2D eigenvalue weighted by atomic mass is 16.6. The van der Waals surface area contributed by atoms with E-state index in [4.69, 9.17) is 10.6 Å². The number of hydrogen-bond donors (Lipinski definition) is 1. The first-order chi connectivity index (χ1) is 10.7. The highest BCUT2D eigenvalue weighted by Gasteiger charge is 2.12. The molecule has 5 nitrogen and oxygen atoms in total. The first-order valence-corrected chi connectivity index (χ1v) is 7.04. The van der Waals surface area contributed by atoms with Crippen LogP contribution in [0.25, 0.3) is 0 Å². The van der Waals surface area contributed by atoms with E-state index in [1.807, 2.05) is 30.3 Å². The van der Waals surface area contributed by atoms with Crippen molar-refractivity contribution >= 4 is 5.91 Å². The maximum absolute atomic E-state index is 12.4. The standard InChI is InChI=1S/C17H20N2O3/c1-19(13-14-5-3-2-4-6-14)17(20)15-7-9-16(10-8-15)21-11-12-22-18/h2-10H,11-13,18H2,1H3. The third-order valence-corrected chi connectivity index (χ3v) is 3.18. The van der Waals surface area contributed by atoms with Crippen LogP contribution in [0.4, 0.5) is 0 Å². The molecule has 2 N–H and O–H groups in total. The molecule has 0 aliphatic rings. The van der Waals surface area contributed by atoms with Gasteiger partial charge in [-0.3, -0.25) is 4.79 Å². The second-order valence-corrected chi connectivity index (χ2v) is 4.89. The lowest BCUT2D eigenvalue weighted by Gasteiger charge is -2.17. The topological polar surface area (TPSA) is 64.8 Å². The van der Waals surface area contributed by atoms with Crippen LogP contribution < -0.4 is 10.6 Å². The van der Waals surface area contributed by atoms with Crippen LogP contribution in [0.1, 0.15) is 15.9 Å². The molecule has 116 valence electrons. The number of ether oxygens (including phenoxy) is 1. The van der Waals surface area contributed by atoms with Crippen LogP contribution in [0.3, 0.4) is 0 Å². The summed E-state index contributed by atoms with van der Waals surface area (Å²) in [5.41, 5.74) is 1.72. The van der Waals surface area contributed by atoms with E-state index in [1.165, 1.54) is 0 Å². The molecular weight excluding hydrogens is 280 g/mol. The van der Waals surface area contributed by atoms with E-state index in [-0.39, 0.29) is 5.91 Å². The summed E-state index contributed by atoms with van der Waals surface area (Å²) in [4.78, 5) is 18.5. The molecule has 0 saturated heterocycles. The van der Waals surface area contributed by atoms with Crippen molar-refractivity contribution in [2.24, 2.45) is 5.90 Å². The van der Waals surface area contributed by atoms with Crippen molar-refractivity contribution in [2.45, 2.75) is 6.54 Å². The molecule has 5 heteroatoms. The number of nitrogens with two attached hydrogens (primary N) is 1. The SMILES string of the molecule is CN(Cc1ccccc1)C(=O)c1ccc(OCCON)cc1. The van der Waals surface area contributed by atoms with E-state index in [1.54, 1.807) is 36.2 Å². The monoisotopic (exact) mass is 300 g/mol. The molecule has 0 saturated carbocycles. The van der Waals surface area contributed by atoms with E-state index in [0.29, 0.717) is 31.1 Å². The van der Waals surface area contributed by atoms with Crippen LogP contribution in [0.15, 0.2) is 54.6 Å². The summed E-state index contributed by atoms with van der Waals surface area (Å²) in [7, 11) is 1.79. The summed E-state index contributed by atoms with van der Waals surface area (Å²) in [5.74, 6) is 5.58. The van der Waals surface area contributed by atoms with Gasteiger partial charge in [0.05, 0.1) is 0 Å². The Balaban J connectivity index is 1.94. The highest BCUT2D eigenvalue weighted by Crippen LogP contribution is 2.14. The third-order valence-electron chi connectivity index (χ3n) is 3.18. The molecule has 22 heavy (non-hydrogen) atoms. The van der Waals surface area contributed by atoms with Crippen LogP contribution in [0, 0.1) is 0 Å². The van der Waals surface area contributed by atoms with E-state index in [0.717, 1.165) is 5.56 Å². The average molecular weight is 300 g/mol. The maximum Gasteiger partial charge on any atom is 0.253 e. The fraction of sp³-hybridized carbons (Fsp3) is 0.235. The van der Waals surface area contributed by atoms with E-state index in [9.17, 15) is 4.79 Å². The second kappa shape index (κ2) is 8.17. The van der Waals surface area contributed by atoms with Gasteiger partial charge in [-0.2, -0.15) is 0 Å². The van der Waals surface area contributed by atoms with Crippen molar-refractivity contribution < 1.29 is 14.4 Å². The van der Waals surface area contributed by atoms with Crippen LogP contribution >= 0.6 is 0 Å². The van der Waals surface area contributed by atoms with Gasteiger partial charge in [-0.15, -0.1) is 0 Å². The summed E-state index contributed by atoms with van der Waals surface area (Å²) < 4.78 is 5.41. The molecule has 0 spiro atoms. The molecule has 0 radical (unpaired) electrons. The molecule has 2 aromatic carbocycles. The van der Waals surface area contributed by atoms with Crippen molar-refractivity contribution in [1.82, 2.24) is 4.90 Å². The summed E-state index contributed by atoms with van der Waals surface area (Å²) in [6, 6.07) is 16.9. The highest BCUT2D eigenvalue weighted by molar-refractivity contribution is 5.94. The molecule has 0 heterocycles. The largest absolute Gasteiger partial charge is 0.491 e. The zero-order chi connectivity index (χ0) is 15.8. The molecule has 0 atom stereocenters. The van der Waals surface area contributed by atoms with Gasteiger partial charge < -0.3 is 14.5 Å². The number of hydrogen-bond acceptors (Lipinski definition) is 4. The molecular formula is C17H20N2O3. The Morgan fingerprint density at radius 3 is 2.36 bits per heavy atom. The third kappa shape index (κ3) is 4.58. The van der Waals surface area contributed by atoms with Gasteiger partial charge in [0, 0.05) is 19.2 Å². The first kappa shape index (κ1) is 16.0. The summed E-state index contributed by atoms with van der Waals surface area (Å²) in [6.45, 7) is 1.27. The second-order valence-electron chi connectivity index (χ2n) is 4.89. The van der Waals surface area contributed by atoms with Gasteiger partial charge >= 0.3 is 0 Å². The normalized spacial score (nSPS) is 10.3. The van der Waals surface area contributed by atoms with Gasteiger partial charge in [0.2, 0.25) is 0 Å². The Morgan fingerprint density at radius 1 is 1.05 bits per heavy atom. The summed E-state index contributed by atoms with van der Waals surface area (Å²) >= 11 is 0. The smallest absolute Gasteiger partial charge is 0.253 e. The molecule has 0 aliphatic heterocycles. The molecule has 0 aliphatic carbocycles. The van der Waals surface area contributed by atoms with E-state index in [2.05, 4.69) is 4.84 Å². The van der Waals surface area contributed by atoms with Crippen molar-refractivity contribution in [2.75, 3.05) is 20.3 Å². The van der Waals surface area contributed by atoms with Crippen LogP contribution in [0.2, 0.25) is 0 Å². The number of amides is 1. The lowest BCUT2D eigenvalue weighted by Crippen LogP contribution is -2.26. The predicted molar refractivity (Wildman–Crippen MR) is 84.3 cm³/mol. The molecule has 2 aromatic rings. The quantitative estimate of drug-likeness (QED) is 0.629. The van der Waals surface area contributed by atoms with Gasteiger partial charge in [0.15, 0.2) is 0 Å².